The van der Waals surface area contributed by atoms with Crippen molar-refractivity contribution in [2.75, 3.05) is 11.4 Å². The first kappa shape index (κ1) is 10.1. The van der Waals surface area contributed by atoms with E-state index in [1.165, 1.54) is 0 Å². The first-order valence-corrected chi connectivity index (χ1v) is 4.99. The van der Waals surface area contributed by atoms with Gasteiger partial charge in [-0.3, -0.25) is 4.79 Å². The molecule has 4 nitrogen and oxygen atoms in total. The quantitative estimate of drug-likeness (QED) is 0.566. The van der Waals surface area contributed by atoms with Gasteiger partial charge in [0.15, 0.2) is 0 Å². The third-order valence-corrected chi connectivity index (χ3v) is 2.60. The van der Waals surface area contributed by atoms with Crippen molar-refractivity contribution >= 4 is 23.2 Å². The van der Waals surface area contributed by atoms with Crippen LogP contribution < -0.4 is 4.90 Å². The summed E-state index contributed by atoms with van der Waals surface area (Å²) < 4.78 is 0. The predicted molar refractivity (Wildman–Crippen MR) is 57.7 cm³/mol. The average molecular weight is 224 g/mol. The number of anilines is 1. The van der Waals surface area contributed by atoms with Crippen LogP contribution in [-0.4, -0.2) is 22.4 Å². The van der Waals surface area contributed by atoms with Crippen LogP contribution in [-0.2, 0) is 4.79 Å². The second kappa shape index (κ2) is 3.98. The highest BCUT2D eigenvalue weighted by atomic mass is 35.5. The highest BCUT2D eigenvalue weighted by molar-refractivity contribution is 6.28. The fraction of sp³-hybridized carbons (Fsp3) is 0.300. The zero-order chi connectivity index (χ0) is 10.8. The Morgan fingerprint density at radius 1 is 1.53 bits per heavy atom. The molecule has 1 aliphatic heterocycles. The fourth-order valence-electron chi connectivity index (χ4n) is 1.59. The summed E-state index contributed by atoms with van der Waals surface area (Å²) in [6.45, 7) is 4.33. The van der Waals surface area contributed by atoms with Crippen molar-refractivity contribution in [1.29, 1.82) is 0 Å². The van der Waals surface area contributed by atoms with E-state index in [-0.39, 0.29) is 17.1 Å². The van der Waals surface area contributed by atoms with Crippen LogP contribution in [0, 0.1) is 5.92 Å². The van der Waals surface area contributed by atoms with Gasteiger partial charge in [0.1, 0.15) is 0 Å². The van der Waals surface area contributed by atoms with Crippen molar-refractivity contribution in [3.63, 3.8) is 0 Å². The lowest BCUT2D eigenvalue weighted by Crippen LogP contribution is -2.24. The average Bonchev–Trinajstić information content (AvgIpc) is 2.61. The van der Waals surface area contributed by atoms with Crippen LogP contribution in [0.2, 0.25) is 5.28 Å². The molecule has 0 saturated carbocycles. The molecular formula is C10H10ClN3O. The Balaban J connectivity index is 2.21. The molecule has 5 heteroatoms. The molecule has 78 valence electrons. The van der Waals surface area contributed by atoms with Gasteiger partial charge in [-0.05, 0) is 11.6 Å². The number of hydrogen-bond acceptors (Lipinski definition) is 3. The number of aromatic nitrogens is 2. The maximum Gasteiger partial charge on any atom is 0.227 e. The first-order chi connectivity index (χ1) is 7.20. The Kier molecular flexibility index (Phi) is 2.68. The second-order valence-electron chi connectivity index (χ2n) is 3.41. The van der Waals surface area contributed by atoms with E-state index in [4.69, 9.17) is 11.6 Å². The van der Waals surface area contributed by atoms with Gasteiger partial charge < -0.3 is 4.90 Å². The van der Waals surface area contributed by atoms with Gasteiger partial charge in [-0.25, -0.2) is 9.97 Å². The number of carbonyl (C=O) groups is 1. The maximum absolute atomic E-state index is 11.6. The highest BCUT2D eigenvalue weighted by Crippen LogP contribution is 2.24. The Morgan fingerprint density at radius 3 is 2.73 bits per heavy atom. The van der Waals surface area contributed by atoms with Gasteiger partial charge in [-0.2, -0.15) is 0 Å². The Labute approximate surface area is 92.6 Å². The molecule has 2 rings (SSSR count). The lowest BCUT2D eigenvalue weighted by Gasteiger charge is -2.14. The molecule has 1 unspecified atom stereocenters. The zero-order valence-electron chi connectivity index (χ0n) is 8.06. The minimum absolute atomic E-state index is 0.0748. The summed E-state index contributed by atoms with van der Waals surface area (Å²) in [5.41, 5.74) is 0.689. The molecule has 1 saturated heterocycles. The van der Waals surface area contributed by atoms with Crippen molar-refractivity contribution in [3.8, 4) is 0 Å². The molecule has 0 radical (unpaired) electrons. The van der Waals surface area contributed by atoms with Crippen LogP contribution in [0.5, 0.6) is 0 Å². The van der Waals surface area contributed by atoms with E-state index in [9.17, 15) is 4.79 Å². The molecule has 0 N–H and O–H groups in total. The van der Waals surface area contributed by atoms with Crippen molar-refractivity contribution in [2.24, 2.45) is 5.92 Å². The lowest BCUT2D eigenvalue weighted by atomic mass is 10.1. The van der Waals surface area contributed by atoms with Crippen molar-refractivity contribution in [1.82, 2.24) is 9.97 Å². The number of amides is 1. The molecule has 0 aromatic carbocycles. The van der Waals surface area contributed by atoms with Crippen LogP contribution in [0.3, 0.4) is 0 Å². The SMILES string of the molecule is C=CC1CC(=O)N(c2cnc(Cl)nc2)C1. The Hall–Kier alpha value is -1.42. The molecule has 0 aliphatic carbocycles. The summed E-state index contributed by atoms with van der Waals surface area (Å²) in [7, 11) is 0. The van der Waals surface area contributed by atoms with Gasteiger partial charge in [0.25, 0.3) is 0 Å². The minimum atomic E-state index is 0.0748. The summed E-state index contributed by atoms with van der Waals surface area (Å²) in [4.78, 5) is 21.0. The first-order valence-electron chi connectivity index (χ1n) is 4.61. The fourth-order valence-corrected chi connectivity index (χ4v) is 1.69. The second-order valence-corrected chi connectivity index (χ2v) is 3.75. The number of hydrogen-bond donors (Lipinski definition) is 0. The molecule has 1 aromatic heterocycles. The summed E-state index contributed by atoms with van der Waals surface area (Å²) >= 11 is 5.57. The zero-order valence-corrected chi connectivity index (χ0v) is 8.81. The van der Waals surface area contributed by atoms with E-state index in [1.807, 2.05) is 0 Å². The van der Waals surface area contributed by atoms with Gasteiger partial charge in [-0.15, -0.1) is 6.58 Å². The molecule has 2 heterocycles. The normalized spacial score (nSPS) is 20.7. The monoisotopic (exact) mass is 223 g/mol. The van der Waals surface area contributed by atoms with E-state index in [2.05, 4.69) is 16.5 Å². The topological polar surface area (TPSA) is 46.1 Å². The van der Waals surface area contributed by atoms with Gasteiger partial charge in [0.05, 0.1) is 18.1 Å². The van der Waals surface area contributed by atoms with Crippen LogP contribution in [0.25, 0.3) is 0 Å². The van der Waals surface area contributed by atoms with Gasteiger partial charge >= 0.3 is 0 Å². The maximum atomic E-state index is 11.6. The number of nitrogens with zero attached hydrogens (tertiary/aromatic N) is 3. The molecule has 1 aliphatic rings. The number of rotatable bonds is 2. The molecule has 0 spiro atoms. The van der Waals surface area contributed by atoms with E-state index in [0.717, 1.165) is 0 Å². The highest BCUT2D eigenvalue weighted by Gasteiger charge is 2.28. The van der Waals surface area contributed by atoms with Crippen molar-refractivity contribution in [2.45, 2.75) is 6.42 Å². The molecule has 0 bridgehead atoms. The smallest absolute Gasteiger partial charge is 0.227 e. The minimum Gasteiger partial charge on any atom is -0.309 e. The molecule has 1 aromatic rings. The van der Waals surface area contributed by atoms with Crippen LogP contribution in [0.1, 0.15) is 6.42 Å². The summed E-state index contributed by atoms with van der Waals surface area (Å²) in [6, 6.07) is 0. The molecular weight excluding hydrogens is 214 g/mol. The standard InChI is InChI=1S/C10H10ClN3O/c1-2-7-3-9(15)14(6-7)8-4-12-10(11)13-5-8/h2,4-5,7H,1,3,6H2. The Morgan fingerprint density at radius 2 is 2.20 bits per heavy atom. The Bertz CT molecular complexity index is 390. The summed E-state index contributed by atoms with van der Waals surface area (Å²) in [5.74, 6) is 0.291. The van der Waals surface area contributed by atoms with Crippen molar-refractivity contribution in [3.05, 3.63) is 30.3 Å². The van der Waals surface area contributed by atoms with Gasteiger partial charge in [0.2, 0.25) is 11.2 Å². The summed E-state index contributed by atoms with van der Waals surface area (Å²) in [5, 5.41) is 0.186. The van der Waals surface area contributed by atoms with Gasteiger partial charge in [0, 0.05) is 18.9 Å². The number of halogens is 1. The molecule has 15 heavy (non-hydrogen) atoms. The summed E-state index contributed by atoms with van der Waals surface area (Å²) in [6.07, 6.45) is 5.41. The van der Waals surface area contributed by atoms with Crippen molar-refractivity contribution < 1.29 is 4.79 Å². The van der Waals surface area contributed by atoms with E-state index in [0.29, 0.717) is 18.7 Å². The van der Waals surface area contributed by atoms with E-state index < -0.39 is 0 Å². The van der Waals surface area contributed by atoms with Crippen LogP contribution >= 0.6 is 11.6 Å². The molecule has 1 amide bonds. The lowest BCUT2D eigenvalue weighted by molar-refractivity contribution is -0.117. The largest absolute Gasteiger partial charge is 0.309 e. The van der Waals surface area contributed by atoms with Gasteiger partial charge in [-0.1, -0.05) is 6.08 Å². The molecule has 1 fully saturated rings. The molecule has 1 atom stereocenters. The third-order valence-electron chi connectivity index (χ3n) is 2.41. The third kappa shape index (κ3) is 1.99. The van der Waals surface area contributed by atoms with Crippen LogP contribution in [0.15, 0.2) is 25.0 Å². The van der Waals surface area contributed by atoms with E-state index >= 15 is 0 Å². The van der Waals surface area contributed by atoms with Crippen LogP contribution in [0.4, 0.5) is 5.69 Å². The van der Waals surface area contributed by atoms with E-state index in [1.54, 1.807) is 23.4 Å². The predicted octanol–water partition coefficient (Wildman–Crippen LogP) is 1.67. The number of carbonyl (C=O) groups excluding carboxylic acids is 1.